The van der Waals surface area contributed by atoms with Crippen LogP contribution in [0.5, 0.6) is 5.75 Å². The summed E-state index contributed by atoms with van der Waals surface area (Å²) in [5, 5.41) is 2.72. The highest BCUT2D eigenvalue weighted by atomic mass is 19.4. The lowest BCUT2D eigenvalue weighted by Crippen LogP contribution is -2.18. The molecule has 0 heterocycles. The van der Waals surface area contributed by atoms with Crippen molar-refractivity contribution in [1.29, 1.82) is 0 Å². The summed E-state index contributed by atoms with van der Waals surface area (Å²) >= 11 is 0. The first kappa shape index (κ1) is 23.1. The van der Waals surface area contributed by atoms with Crippen LogP contribution in [0.2, 0.25) is 0 Å². The Hall–Kier alpha value is -3.61. The average molecular weight is 441 g/mol. The lowest BCUT2D eigenvalue weighted by atomic mass is 10.00. The number of para-hydroxylation sites is 2. The number of carbonyl (C=O) groups excluding carboxylic acids is 2. The van der Waals surface area contributed by atoms with Crippen molar-refractivity contribution < 1.29 is 27.5 Å². The van der Waals surface area contributed by atoms with Gasteiger partial charge in [0.25, 0.3) is 5.91 Å². The molecule has 32 heavy (non-hydrogen) atoms. The SMILES string of the molecule is CC(C)Oc1ccccc1C(=O)Nc1ccccc1C(=O)Cc1cccc(C(F)(F)F)c1. The van der Waals surface area contributed by atoms with Gasteiger partial charge < -0.3 is 10.1 Å². The standard InChI is InChI=1S/C25H22F3NO3/c1-16(2)32-23-13-6-4-11-20(23)24(31)29-21-12-5-3-10-19(21)22(30)15-17-8-7-9-18(14-17)25(26,27)28/h3-14,16H,15H2,1-2H3,(H,29,31). The molecular weight excluding hydrogens is 419 g/mol. The number of alkyl halides is 3. The lowest BCUT2D eigenvalue weighted by Gasteiger charge is -2.15. The smallest absolute Gasteiger partial charge is 0.416 e. The molecule has 0 unspecified atom stereocenters. The van der Waals surface area contributed by atoms with Crippen LogP contribution >= 0.6 is 0 Å². The predicted octanol–water partition coefficient (Wildman–Crippen LogP) is 6.17. The molecule has 3 aromatic carbocycles. The Morgan fingerprint density at radius 3 is 2.25 bits per heavy atom. The Morgan fingerprint density at radius 2 is 1.56 bits per heavy atom. The number of hydrogen-bond donors (Lipinski definition) is 1. The van der Waals surface area contributed by atoms with Crippen molar-refractivity contribution in [2.24, 2.45) is 0 Å². The van der Waals surface area contributed by atoms with Crippen molar-refractivity contribution in [3.8, 4) is 5.75 Å². The zero-order valence-electron chi connectivity index (χ0n) is 17.6. The van der Waals surface area contributed by atoms with Crippen LogP contribution in [0.15, 0.2) is 72.8 Å². The first-order valence-corrected chi connectivity index (χ1v) is 10.0. The quantitative estimate of drug-likeness (QED) is 0.446. The van der Waals surface area contributed by atoms with E-state index in [1.165, 1.54) is 18.2 Å². The summed E-state index contributed by atoms with van der Waals surface area (Å²) in [4.78, 5) is 25.7. The normalized spacial score (nSPS) is 11.3. The molecule has 0 aliphatic heterocycles. The number of hydrogen-bond acceptors (Lipinski definition) is 3. The zero-order valence-corrected chi connectivity index (χ0v) is 17.6. The number of Topliss-reactive ketones (excluding diaryl/α,β-unsaturated/α-hetero) is 1. The van der Waals surface area contributed by atoms with Crippen molar-refractivity contribution in [2.75, 3.05) is 5.32 Å². The Balaban J connectivity index is 1.83. The van der Waals surface area contributed by atoms with Crippen molar-refractivity contribution in [3.05, 3.63) is 95.1 Å². The second-order valence-corrected chi connectivity index (χ2v) is 7.46. The maximum Gasteiger partial charge on any atom is 0.416 e. The molecule has 4 nitrogen and oxygen atoms in total. The Labute approximate surface area is 184 Å². The van der Waals surface area contributed by atoms with Crippen molar-refractivity contribution in [3.63, 3.8) is 0 Å². The zero-order chi connectivity index (χ0) is 23.3. The third kappa shape index (κ3) is 5.75. The summed E-state index contributed by atoms with van der Waals surface area (Å²) in [6.45, 7) is 3.69. The van der Waals surface area contributed by atoms with Crippen LogP contribution in [-0.4, -0.2) is 17.8 Å². The summed E-state index contributed by atoms with van der Waals surface area (Å²) in [5.74, 6) is -0.458. The van der Waals surface area contributed by atoms with Crippen LogP contribution in [0.3, 0.4) is 0 Å². The van der Waals surface area contributed by atoms with Gasteiger partial charge in [-0.05, 0) is 49.7 Å². The number of amides is 1. The molecule has 0 saturated heterocycles. The Kier molecular flexibility index (Phi) is 6.98. The second kappa shape index (κ2) is 9.68. The van der Waals surface area contributed by atoms with Gasteiger partial charge >= 0.3 is 6.18 Å². The van der Waals surface area contributed by atoms with Crippen molar-refractivity contribution >= 4 is 17.4 Å². The molecule has 0 fully saturated rings. The van der Waals surface area contributed by atoms with Gasteiger partial charge in [-0.2, -0.15) is 13.2 Å². The van der Waals surface area contributed by atoms with Crippen LogP contribution in [0.1, 0.15) is 45.7 Å². The van der Waals surface area contributed by atoms with Gasteiger partial charge in [0.15, 0.2) is 5.78 Å². The van der Waals surface area contributed by atoms with Gasteiger partial charge in [0.2, 0.25) is 0 Å². The highest BCUT2D eigenvalue weighted by Crippen LogP contribution is 2.30. The second-order valence-electron chi connectivity index (χ2n) is 7.46. The molecule has 0 radical (unpaired) electrons. The van der Waals surface area contributed by atoms with Gasteiger partial charge in [-0.1, -0.05) is 42.5 Å². The highest BCUT2D eigenvalue weighted by Gasteiger charge is 2.30. The van der Waals surface area contributed by atoms with E-state index in [2.05, 4.69) is 5.32 Å². The molecule has 0 aliphatic rings. The van der Waals surface area contributed by atoms with Gasteiger partial charge in [-0.15, -0.1) is 0 Å². The molecule has 1 amide bonds. The summed E-state index contributed by atoms with van der Waals surface area (Å²) in [5.41, 5.74) is 0.212. The van der Waals surface area contributed by atoms with E-state index in [-0.39, 0.29) is 29.3 Å². The summed E-state index contributed by atoms with van der Waals surface area (Å²) in [6.07, 6.45) is -4.86. The van der Waals surface area contributed by atoms with E-state index in [9.17, 15) is 22.8 Å². The van der Waals surface area contributed by atoms with E-state index in [4.69, 9.17) is 4.74 Å². The fourth-order valence-electron chi connectivity index (χ4n) is 3.17. The minimum atomic E-state index is -4.49. The molecule has 0 spiro atoms. The predicted molar refractivity (Wildman–Crippen MR) is 116 cm³/mol. The fraction of sp³-hybridized carbons (Fsp3) is 0.200. The minimum absolute atomic E-state index is 0.134. The maximum absolute atomic E-state index is 13.0. The van der Waals surface area contributed by atoms with Gasteiger partial charge in [0.05, 0.1) is 22.9 Å². The molecule has 3 aromatic rings. The third-order valence-electron chi connectivity index (χ3n) is 4.59. The molecule has 0 bridgehead atoms. The first-order chi connectivity index (χ1) is 15.1. The van der Waals surface area contributed by atoms with Crippen molar-refractivity contribution in [1.82, 2.24) is 0 Å². The van der Waals surface area contributed by atoms with Crippen LogP contribution in [0.4, 0.5) is 18.9 Å². The Bertz CT molecular complexity index is 1120. The third-order valence-corrected chi connectivity index (χ3v) is 4.59. The van der Waals surface area contributed by atoms with Gasteiger partial charge in [0.1, 0.15) is 5.75 Å². The van der Waals surface area contributed by atoms with Gasteiger partial charge in [-0.25, -0.2) is 0 Å². The van der Waals surface area contributed by atoms with Crippen molar-refractivity contribution in [2.45, 2.75) is 32.5 Å². The molecule has 3 rings (SSSR count). The molecule has 0 saturated carbocycles. The van der Waals surface area contributed by atoms with Crippen LogP contribution in [0, 0.1) is 0 Å². The summed E-state index contributed by atoms with van der Waals surface area (Å²) in [6, 6.07) is 17.8. The largest absolute Gasteiger partial charge is 0.490 e. The number of rotatable bonds is 7. The number of benzene rings is 3. The fourth-order valence-corrected chi connectivity index (χ4v) is 3.17. The van der Waals surface area contributed by atoms with E-state index < -0.39 is 23.4 Å². The van der Waals surface area contributed by atoms with E-state index >= 15 is 0 Å². The molecule has 7 heteroatoms. The van der Waals surface area contributed by atoms with E-state index in [1.807, 2.05) is 13.8 Å². The monoisotopic (exact) mass is 441 g/mol. The average Bonchev–Trinajstić information content (AvgIpc) is 2.73. The number of nitrogens with one attached hydrogen (secondary N) is 1. The first-order valence-electron chi connectivity index (χ1n) is 10.0. The number of ether oxygens (including phenoxy) is 1. The number of anilines is 1. The highest BCUT2D eigenvalue weighted by molar-refractivity contribution is 6.10. The molecule has 166 valence electrons. The Morgan fingerprint density at radius 1 is 0.906 bits per heavy atom. The van der Waals surface area contributed by atoms with E-state index in [1.54, 1.807) is 42.5 Å². The maximum atomic E-state index is 13.0. The summed E-state index contributed by atoms with van der Waals surface area (Å²) in [7, 11) is 0. The molecular formula is C25H22F3NO3. The number of ketones is 1. The summed E-state index contributed by atoms with van der Waals surface area (Å²) < 4.78 is 44.6. The number of carbonyl (C=O) groups is 2. The van der Waals surface area contributed by atoms with E-state index in [0.717, 1.165) is 12.1 Å². The molecule has 1 N–H and O–H groups in total. The van der Waals surface area contributed by atoms with Crippen LogP contribution < -0.4 is 10.1 Å². The minimum Gasteiger partial charge on any atom is -0.490 e. The molecule has 0 atom stereocenters. The molecule has 0 aromatic heterocycles. The number of halogens is 3. The van der Waals surface area contributed by atoms with Crippen LogP contribution in [0.25, 0.3) is 0 Å². The molecule has 0 aliphatic carbocycles. The van der Waals surface area contributed by atoms with Gasteiger partial charge in [-0.3, -0.25) is 9.59 Å². The topological polar surface area (TPSA) is 55.4 Å². The lowest BCUT2D eigenvalue weighted by molar-refractivity contribution is -0.137. The van der Waals surface area contributed by atoms with Crippen LogP contribution in [-0.2, 0) is 12.6 Å². The van der Waals surface area contributed by atoms with Gasteiger partial charge in [0, 0.05) is 12.0 Å². The van der Waals surface area contributed by atoms with E-state index in [0.29, 0.717) is 11.3 Å².